The van der Waals surface area contributed by atoms with Crippen LogP contribution in [-0.4, -0.2) is 63.1 Å². The molecule has 0 atom stereocenters. The number of unbranched alkanes of at least 4 members (excludes halogenated alkanes) is 1. The highest BCUT2D eigenvalue weighted by Crippen LogP contribution is 2.33. The van der Waals surface area contributed by atoms with E-state index in [2.05, 4.69) is 21.2 Å². The minimum atomic E-state index is -4.08. The van der Waals surface area contributed by atoms with Gasteiger partial charge in [-0.1, -0.05) is 53.0 Å². The molecule has 3 aromatic rings. The van der Waals surface area contributed by atoms with E-state index in [0.717, 1.165) is 74.7 Å². The molecule has 0 unspecified atom stereocenters. The number of halogens is 2. The number of nitrogens with zero attached hydrogens (tertiary/aromatic N) is 2. The fraction of sp³-hybridized carbons (Fsp3) is 0.406. The van der Waals surface area contributed by atoms with Crippen molar-refractivity contribution < 1.29 is 22.5 Å². The first-order valence-electron chi connectivity index (χ1n) is 14.4. The van der Waals surface area contributed by atoms with Gasteiger partial charge in [-0.05, 0) is 81.5 Å². The minimum Gasteiger partial charge on any atom is -0.494 e. The number of benzene rings is 3. The van der Waals surface area contributed by atoms with Crippen LogP contribution in [0.4, 0.5) is 11.4 Å². The predicted octanol–water partition coefficient (Wildman–Crippen LogP) is 6.72. The number of aryl methyl sites for hydroxylation is 4. The van der Waals surface area contributed by atoms with Crippen LogP contribution in [-0.2, 0) is 21.3 Å². The summed E-state index contributed by atoms with van der Waals surface area (Å²) in [5, 5.41) is 4.18. The number of rotatable bonds is 8. The van der Waals surface area contributed by atoms with Crippen LogP contribution in [0.25, 0.3) is 0 Å². The van der Waals surface area contributed by atoms with E-state index >= 15 is 0 Å². The zero-order valence-corrected chi connectivity index (χ0v) is 27.2. The van der Waals surface area contributed by atoms with Crippen molar-refractivity contribution in [3.63, 3.8) is 0 Å². The zero-order valence-electron chi connectivity index (χ0n) is 24.8. The number of piperazine rings is 1. The van der Waals surface area contributed by atoms with Crippen molar-refractivity contribution in [2.45, 2.75) is 51.3 Å². The molecule has 11 heteroatoms. The van der Waals surface area contributed by atoms with Gasteiger partial charge in [0.2, 0.25) is 5.91 Å². The zero-order chi connectivity index (χ0) is 31.1. The van der Waals surface area contributed by atoms with Crippen molar-refractivity contribution >= 4 is 50.6 Å². The van der Waals surface area contributed by atoms with Crippen molar-refractivity contribution in [3.8, 4) is 5.75 Å². The number of nitrogens with one attached hydrogen (secondary N) is 1. The first-order chi connectivity index (χ1) is 20.4. The second-order valence-electron chi connectivity index (χ2n) is 11.0. The third-order valence-corrected chi connectivity index (χ3v) is 9.59. The maximum absolute atomic E-state index is 11.5. The van der Waals surface area contributed by atoms with Crippen LogP contribution in [0.3, 0.4) is 0 Å². The van der Waals surface area contributed by atoms with Gasteiger partial charge >= 0.3 is 0 Å². The molecule has 8 nitrogen and oxygen atoms in total. The van der Waals surface area contributed by atoms with Gasteiger partial charge in [0.25, 0.3) is 10.1 Å². The summed E-state index contributed by atoms with van der Waals surface area (Å²) in [5.41, 5.74) is 5.25. The second kappa shape index (κ2) is 14.8. The molecule has 1 amide bonds. The molecule has 2 aliphatic rings. The second-order valence-corrected chi connectivity index (χ2v) is 13.2. The van der Waals surface area contributed by atoms with Gasteiger partial charge < -0.3 is 15.0 Å². The van der Waals surface area contributed by atoms with Crippen LogP contribution in [0.5, 0.6) is 5.75 Å². The Morgan fingerprint density at radius 1 is 0.930 bits per heavy atom. The maximum Gasteiger partial charge on any atom is 0.295 e. The molecule has 43 heavy (non-hydrogen) atoms. The van der Waals surface area contributed by atoms with Crippen LogP contribution >= 0.6 is 23.2 Å². The number of hydrogen-bond acceptors (Lipinski definition) is 6. The van der Waals surface area contributed by atoms with E-state index in [0.29, 0.717) is 34.2 Å². The Morgan fingerprint density at radius 3 is 2.30 bits per heavy atom. The van der Waals surface area contributed by atoms with Gasteiger partial charge in [0.15, 0.2) is 0 Å². The molecule has 1 saturated heterocycles. The number of anilines is 2. The van der Waals surface area contributed by atoms with Crippen molar-refractivity contribution in [3.05, 3.63) is 80.8 Å². The number of carbonyl (C=O) groups is 1. The largest absolute Gasteiger partial charge is 0.494 e. The van der Waals surface area contributed by atoms with E-state index < -0.39 is 10.1 Å². The lowest BCUT2D eigenvalue weighted by atomic mass is 10.0. The Labute approximate surface area is 264 Å². The minimum absolute atomic E-state index is 0.0260. The molecule has 0 spiro atoms. The predicted molar refractivity (Wildman–Crippen MR) is 174 cm³/mol. The number of carbonyl (C=O) groups excluding carboxylic acids is 1. The standard InChI is InChI=1S/C23H27Cl2N3O2.C9H12O3S/c24-19-4-3-5-21(23(19)25)28-13-11-27(12-14-28)10-1-2-15-30-18-8-6-17-7-9-22(29)26-20(17)16-18;1-6-4-7(2)9(8(3)5-6)13(10,11)12/h3-6,8,16H,1-2,7,9-15H2,(H,26,29);4-5H,1-3H3,(H,10,11,12). The Bertz CT molecular complexity index is 1530. The van der Waals surface area contributed by atoms with Crippen LogP contribution in [0.1, 0.15) is 41.5 Å². The van der Waals surface area contributed by atoms with Crippen LogP contribution < -0.4 is 15.0 Å². The van der Waals surface area contributed by atoms with E-state index in [1.165, 1.54) is 5.56 Å². The number of amides is 1. The number of ether oxygens (including phenoxy) is 1. The lowest BCUT2D eigenvalue weighted by Crippen LogP contribution is -2.46. The Kier molecular flexibility index (Phi) is 11.4. The Morgan fingerprint density at radius 2 is 1.63 bits per heavy atom. The first-order valence-corrected chi connectivity index (χ1v) is 16.6. The SMILES string of the molecule is Cc1cc(C)c(S(=O)(=O)O)c(C)c1.O=C1CCc2ccc(OCCCCN3CCN(c4cccc(Cl)c4Cl)CC3)cc2N1. The lowest BCUT2D eigenvalue weighted by Gasteiger charge is -2.36. The van der Waals surface area contributed by atoms with Crippen molar-refractivity contribution in [2.24, 2.45) is 0 Å². The molecule has 1 fully saturated rings. The molecule has 0 bridgehead atoms. The summed E-state index contributed by atoms with van der Waals surface area (Å²) in [6.07, 6.45) is 3.47. The Balaban J connectivity index is 0.000000273. The summed E-state index contributed by atoms with van der Waals surface area (Å²) in [4.78, 5) is 16.4. The highest BCUT2D eigenvalue weighted by Gasteiger charge is 2.20. The van der Waals surface area contributed by atoms with Gasteiger partial charge in [0.05, 0.1) is 27.2 Å². The third-order valence-electron chi connectivity index (χ3n) is 7.62. The molecule has 232 valence electrons. The van der Waals surface area contributed by atoms with E-state index in [-0.39, 0.29) is 10.8 Å². The number of hydrogen-bond donors (Lipinski definition) is 2. The average molecular weight is 649 g/mol. The van der Waals surface area contributed by atoms with E-state index in [4.69, 9.17) is 32.5 Å². The molecule has 2 N–H and O–H groups in total. The molecular formula is C32H39Cl2N3O5S. The number of fused-ring (bicyclic) bond motifs is 1. The quantitative estimate of drug-likeness (QED) is 0.207. The van der Waals surface area contributed by atoms with E-state index in [9.17, 15) is 13.2 Å². The van der Waals surface area contributed by atoms with Crippen molar-refractivity contribution in [2.75, 3.05) is 49.5 Å². The molecule has 2 aliphatic heterocycles. The van der Waals surface area contributed by atoms with Gasteiger partial charge in [0, 0.05) is 44.4 Å². The van der Waals surface area contributed by atoms with Crippen molar-refractivity contribution in [1.82, 2.24) is 4.90 Å². The third kappa shape index (κ3) is 9.09. The van der Waals surface area contributed by atoms with Gasteiger partial charge in [-0.2, -0.15) is 8.42 Å². The molecule has 0 saturated carbocycles. The first kappa shape index (κ1) is 33.1. The summed E-state index contributed by atoms with van der Waals surface area (Å²) in [6, 6.07) is 15.3. The summed E-state index contributed by atoms with van der Waals surface area (Å²) < 4.78 is 36.7. The van der Waals surface area contributed by atoms with Gasteiger partial charge in [-0.3, -0.25) is 14.2 Å². The monoisotopic (exact) mass is 647 g/mol. The average Bonchev–Trinajstić information content (AvgIpc) is 2.93. The summed E-state index contributed by atoms with van der Waals surface area (Å²) in [7, 11) is -4.08. The maximum atomic E-state index is 11.5. The molecule has 2 heterocycles. The van der Waals surface area contributed by atoms with Gasteiger partial charge in [0.1, 0.15) is 5.75 Å². The highest BCUT2D eigenvalue weighted by atomic mass is 35.5. The smallest absolute Gasteiger partial charge is 0.295 e. The fourth-order valence-electron chi connectivity index (χ4n) is 5.59. The normalized spacial score (nSPS) is 15.3. The fourth-order valence-corrected chi connectivity index (χ4v) is 6.94. The van der Waals surface area contributed by atoms with Crippen LogP contribution in [0, 0.1) is 20.8 Å². The van der Waals surface area contributed by atoms with Gasteiger partial charge in [-0.15, -0.1) is 0 Å². The Hall–Kier alpha value is -2.82. The topological polar surface area (TPSA) is 99.2 Å². The highest BCUT2D eigenvalue weighted by molar-refractivity contribution is 7.86. The molecule has 5 rings (SSSR count). The molecule has 3 aromatic carbocycles. The van der Waals surface area contributed by atoms with Crippen LogP contribution in [0.15, 0.2) is 53.4 Å². The molecule has 0 aromatic heterocycles. The van der Waals surface area contributed by atoms with Crippen molar-refractivity contribution in [1.29, 1.82) is 0 Å². The van der Waals surface area contributed by atoms with Crippen LogP contribution in [0.2, 0.25) is 10.0 Å². The summed E-state index contributed by atoms with van der Waals surface area (Å²) >= 11 is 12.5. The van der Waals surface area contributed by atoms with E-state index in [1.807, 2.05) is 37.3 Å². The molecule has 0 radical (unpaired) electrons. The van der Waals surface area contributed by atoms with Gasteiger partial charge in [-0.25, -0.2) is 0 Å². The lowest BCUT2D eigenvalue weighted by molar-refractivity contribution is -0.116. The summed E-state index contributed by atoms with van der Waals surface area (Å²) in [6.45, 7) is 10.9. The molecular weight excluding hydrogens is 609 g/mol. The molecule has 0 aliphatic carbocycles. The van der Waals surface area contributed by atoms with E-state index in [1.54, 1.807) is 26.0 Å². The summed E-state index contributed by atoms with van der Waals surface area (Å²) in [5.74, 6) is 0.903.